The van der Waals surface area contributed by atoms with E-state index in [4.69, 9.17) is 18.6 Å². The molecule has 0 saturated heterocycles. The molecule has 9 nitrogen and oxygen atoms in total. The highest BCUT2D eigenvalue weighted by molar-refractivity contribution is 6.15. The number of methoxy groups -OCH3 is 3. The first kappa shape index (κ1) is 21.9. The Morgan fingerprint density at radius 3 is 2.30 bits per heavy atom. The van der Waals surface area contributed by atoms with Crippen molar-refractivity contribution in [1.82, 2.24) is 9.88 Å². The number of ketones is 1. The quantitative estimate of drug-likeness (QED) is 0.519. The lowest BCUT2D eigenvalue weighted by atomic mass is 9.94. The minimum absolute atomic E-state index is 0.00699. The number of hydrogen-bond donors (Lipinski definition) is 1. The number of Topliss-reactive ketones (excluding diaryl/α,β-unsaturated/α-hetero) is 1. The monoisotopic (exact) mass is 450 g/mol. The minimum atomic E-state index is -0.933. The molecular formula is C24H22N2O7. The molecule has 1 aliphatic heterocycles. The Bertz CT molecular complexity index is 1180. The first-order chi connectivity index (χ1) is 16.0. The molecule has 4 rings (SSSR count). The van der Waals surface area contributed by atoms with Crippen molar-refractivity contribution in [2.75, 3.05) is 21.3 Å². The maximum absolute atomic E-state index is 13.3. The normalized spacial score (nSPS) is 15.7. The zero-order chi connectivity index (χ0) is 23.5. The van der Waals surface area contributed by atoms with Gasteiger partial charge in [-0.05, 0) is 47.5 Å². The average molecular weight is 450 g/mol. The molecule has 0 fully saturated rings. The summed E-state index contributed by atoms with van der Waals surface area (Å²) < 4.78 is 21.6. The highest BCUT2D eigenvalue weighted by atomic mass is 16.5. The van der Waals surface area contributed by atoms with E-state index in [0.29, 0.717) is 22.8 Å². The van der Waals surface area contributed by atoms with Gasteiger partial charge in [-0.3, -0.25) is 14.6 Å². The molecule has 1 atom stereocenters. The van der Waals surface area contributed by atoms with Crippen LogP contribution in [0.3, 0.4) is 0 Å². The van der Waals surface area contributed by atoms with E-state index >= 15 is 0 Å². The summed E-state index contributed by atoms with van der Waals surface area (Å²) in [5, 5.41) is 10.8. The SMILES string of the molecule is COc1cc(C2C(C(=O)c3ccco3)=C(O)C(=O)N2Cc2ccncc2)cc(OC)c1OC. The van der Waals surface area contributed by atoms with Gasteiger partial charge in [0.25, 0.3) is 5.91 Å². The van der Waals surface area contributed by atoms with E-state index < -0.39 is 23.5 Å². The first-order valence-corrected chi connectivity index (χ1v) is 10.0. The molecular weight excluding hydrogens is 428 g/mol. The van der Waals surface area contributed by atoms with Gasteiger partial charge in [0.15, 0.2) is 23.0 Å². The van der Waals surface area contributed by atoms with Crippen molar-refractivity contribution in [2.45, 2.75) is 12.6 Å². The van der Waals surface area contributed by atoms with Crippen molar-refractivity contribution in [3.05, 3.63) is 83.3 Å². The van der Waals surface area contributed by atoms with Crippen LogP contribution in [0, 0.1) is 0 Å². The van der Waals surface area contributed by atoms with Crippen LogP contribution in [0.2, 0.25) is 0 Å². The van der Waals surface area contributed by atoms with Gasteiger partial charge < -0.3 is 28.6 Å². The summed E-state index contributed by atoms with van der Waals surface area (Å²) in [6.07, 6.45) is 4.56. The van der Waals surface area contributed by atoms with Crippen molar-refractivity contribution in [2.24, 2.45) is 0 Å². The summed E-state index contributed by atoms with van der Waals surface area (Å²) in [4.78, 5) is 31.8. The maximum atomic E-state index is 13.3. The van der Waals surface area contributed by atoms with E-state index in [9.17, 15) is 14.7 Å². The standard InChI is InChI=1S/C24H22N2O7/c1-30-17-11-15(12-18(31-2)23(17)32-3)20-19(21(27)16-5-4-10-33-16)22(28)24(29)26(20)13-14-6-8-25-9-7-14/h4-12,20,28H,13H2,1-3H3. The third-order valence-electron chi connectivity index (χ3n) is 5.40. The molecule has 1 aliphatic rings. The van der Waals surface area contributed by atoms with E-state index in [2.05, 4.69) is 4.98 Å². The lowest BCUT2D eigenvalue weighted by Gasteiger charge is -2.27. The van der Waals surface area contributed by atoms with Crippen LogP contribution >= 0.6 is 0 Å². The van der Waals surface area contributed by atoms with E-state index in [1.165, 1.54) is 38.6 Å². The predicted octanol–water partition coefficient (Wildman–Crippen LogP) is 3.48. The van der Waals surface area contributed by atoms with Gasteiger partial charge in [0.05, 0.1) is 39.2 Å². The molecule has 3 aromatic rings. The van der Waals surface area contributed by atoms with Gasteiger partial charge >= 0.3 is 0 Å². The van der Waals surface area contributed by atoms with E-state index in [1.54, 1.807) is 42.7 Å². The Hall–Kier alpha value is -4.27. The molecule has 1 aromatic carbocycles. The highest BCUT2D eigenvalue weighted by Gasteiger charge is 2.45. The minimum Gasteiger partial charge on any atom is -0.503 e. The third kappa shape index (κ3) is 3.89. The van der Waals surface area contributed by atoms with Gasteiger partial charge in [-0.2, -0.15) is 0 Å². The van der Waals surface area contributed by atoms with Gasteiger partial charge in [0.2, 0.25) is 11.5 Å². The zero-order valence-electron chi connectivity index (χ0n) is 18.3. The Labute approximate surface area is 189 Å². The van der Waals surface area contributed by atoms with Crippen LogP contribution in [-0.4, -0.2) is 48.0 Å². The summed E-state index contributed by atoms with van der Waals surface area (Å²) in [7, 11) is 4.42. The average Bonchev–Trinajstić information content (AvgIpc) is 3.47. The molecule has 2 aromatic heterocycles. The van der Waals surface area contributed by atoms with Crippen molar-refractivity contribution in [3.63, 3.8) is 0 Å². The van der Waals surface area contributed by atoms with Crippen molar-refractivity contribution < 1.29 is 33.3 Å². The number of rotatable bonds is 8. The summed E-state index contributed by atoms with van der Waals surface area (Å²) in [6.45, 7) is 0.127. The molecule has 1 N–H and O–H groups in total. The van der Waals surface area contributed by atoms with Crippen LogP contribution in [0.5, 0.6) is 17.2 Å². The van der Waals surface area contributed by atoms with Gasteiger partial charge in [0.1, 0.15) is 0 Å². The summed E-state index contributed by atoms with van der Waals surface area (Å²) in [5.41, 5.74) is 1.17. The number of hydrogen-bond acceptors (Lipinski definition) is 8. The molecule has 33 heavy (non-hydrogen) atoms. The number of carbonyl (C=O) groups is 2. The highest BCUT2D eigenvalue weighted by Crippen LogP contribution is 2.46. The molecule has 0 bridgehead atoms. The second-order valence-electron chi connectivity index (χ2n) is 7.22. The fourth-order valence-electron chi connectivity index (χ4n) is 3.88. The summed E-state index contributed by atoms with van der Waals surface area (Å²) in [5.74, 6) is -0.848. The first-order valence-electron chi connectivity index (χ1n) is 10.0. The zero-order valence-corrected chi connectivity index (χ0v) is 18.3. The van der Waals surface area contributed by atoms with Crippen LogP contribution in [0.1, 0.15) is 27.7 Å². The predicted molar refractivity (Wildman–Crippen MR) is 116 cm³/mol. The Kier molecular flexibility index (Phi) is 6.03. The molecule has 1 unspecified atom stereocenters. The lowest BCUT2D eigenvalue weighted by Crippen LogP contribution is -2.30. The second-order valence-corrected chi connectivity index (χ2v) is 7.22. The number of nitrogens with zero attached hydrogens (tertiary/aromatic N) is 2. The molecule has 0 spiro atoms. The van der Waals surface area contributed by atoms with Crippen LogP contribution in [0.25, 0.3) is 0 Å². The number of ether oxygens (including phenoxy) is 3. The Balaban J connectivity index is 1.88. The third-order valence-corrected chi connectivity index (χ3v) is 5.40. The van der Waals surface area contributed by atoms with Gasteiger partial charge in [-0.15, -0.1) is 0 Å². The molecule has 0 radical (unpaired) electrons. The van der Waals surface area contributed by atoms with Crippen LogP contribution in [-0.2, 0) is 11.3 Å². The fraction of sp³-hybridized carbons (Fsp3) is 0.208. The van der Waals surface area contributed by atoms with Gasteiger partial charge in [-0.25, -0.2) is 0 Å². The van der Waals surface area contributed by atoms with Crippen LogP contribution in [0.4, 0.5) is 0 Å². The number of aliphatic hydroxyl groups excluding tert-OH is 1. The fourth-order valence-corrected chi connectivity index (χ4v) is 3.88. The molecule has 9 heteroatoms. The van der Waals surface area contributed by atoms with Gasteiger partial charge in [0, 0.05) is 18.9 Å². The van der Waals surface area contributed by atoms with E-state index in [-0.39, 0.29) is 17.9 Å². The van der Waals surface area contributed by atoms with Crippen molar-refractivity contribution in [1.29, 1.82) is 0 Å². The number of pyridine rings is 1. The number of aliphatic hydroxyl groups is 1. The number of carbonyl (C=O) groups excluding carboxylic acids is 2. The molecule has 0 saturated carbocycles. The topological polar surface area (TPSA) is 111 Å². The molecule has 0 aliphatic carbocycles. The number of aromatic nitrogens is 1. The van der Waals surface area contributed by atoms with Crippen molar-refractivity contribution >= 4 is 11.7 Å². The van der Waals surface area contributed by atoms with E-state index in [0.717, 1.165) is 5.56 Å². The number of benzene rings is 1. The smallest absolute Gasteiger partial charge is 0.290 e. The second kappa shape index (κ2) is 9.07. The van der Waals surface area contributed by atoms with Crippen molar-refractivity contribution in [3.8, 4) is 17.2 Å². The maximum Gasteiger partial charge on any atom is 0.290 e. The van der Waals surface area contributed by atoms with E-state index in [1.807, 2.05) is 0 Å². The summed E-state index contributed by atoms with van der Waals surface area (Å²) in [6, 6.07) is 8.90. The molecule has 3 heterocycles. The molecule has 170 valence electrons. The Morgan fingerprint density at radius 1 is 1.09 bits per heavy atom. The largest absolute Gasteiger partial charge is 0.503 e. The molecule has 1 amide bonds. The van der Waals surface area contributed by atoms with Gasteiger partial charge in [-0.1, -0.05) is 0 Å². The lowest BCUT2D eigenvalue weighted by molar-refractivity contribution is -0.130. The number of furan rings is 1. The number of amides is 1. The van der Waals surface area contributed by atoms with Crippen LogP contribution in [0.15, 0.2) is 70.8 Å². The Morgan fingerprint density at radius 2 is 1.76 bits per heavy atom. The van der Waals surface area contributed by atoms with Crippen LogP contribution < -0.4 is 14.2 Å². The summed E-state index contributed by atoms with van der Waals surface area (Å²) >= 11 is 0.